The van der Waals surface area contributed by atoms with Crippen LogP contribution in [-0.2, 0) is 0 Å². The minimum atomic E-state index is 0.781. The molecular weight excluding hydrogens is 272 g/mol. The van der Waals surface area contributed by atoms with Gasteiger partial charge in [-0.15, -0.1) is 5.10 Å². The van der Waals surface area contributed by atoms with Gasteiger partial charge in [0.2, 0.25) is 0 Å². The van der Waals surface area contributed by atoms with Crippen LogP contribution in [0.1, 0.15) is 31.4 Å². The van der Waals surface area contributed by atoms with Crippen molar-refractivity contribution in [1.82, 2.24) is 15.1 Å². The molecule has 0 N–H and O–H groups in total. The van der Waals surface area contributed by atoms with Crippen molar-refractivity contribution in [3.63, 3.8) is 0 Å². The summed E-state index contributed by atoms with van der Waals surface area (Å²) in [5, 5.41) is 11.4. The van der Waals surface area contributed by atoms with Gasteiger partial charge < -0.3 is 9.80 Å². The Bertz CT molecular complexity index is 655. The van der Waals surface area contributed by atoms with Crippen LogP contribution in [-0.4, -0.2) is 47.3 Å². The fourth-order valence-corrected chi connectivity index (χ4v) is 4.01. The molecule has 0 radical (unpaired) electrons. The molecule has 0 aliphatic carbocycles. The summed E-state index contributed by atoms with van der Waals surface area (Å²) in [5.41, 5.74) is 1.02. The maximum Gasteiger partial charge on any atom is 0.159 e. The molecule has 2 saturated heterocycles. The molecule has 0 saturated carbocycles. The Hall–Kier alpha value is -1.68. The predicted octanol–water partition coefficient (Wildman–Crippen LogP) is 3.00. The molecule has 1 aromatic heterocycles. The van der Waals surface area contributed by atoms with Gasteiger partial charge >= 0.3 is 0 Å². The molecule has 0 atom stereocenters. The fraction of sp³-hybridized carbons (Fsp3) is 0.556. The maximum absolute atomic E-state index is 4.51. The third kappa shape index (κ3) is 2.45. The van der Waals surface area contributed by atoms with E-state index in [1.807, 2.05) is 6.92 Å². The van der Waals surface area contributed by atoms with E-state index in [0.29, 0.717) is 0 Å². The molecule has 3 heterocycles. The average molecular weight is 296 g/mol. The van der Waals surface area contributed by atoms with Gasteiger partial charge in [0.25, 0.3) is 0 Å². The summed E-state index contributed by atoms with van der Waals surface area (Å²) in [6, 6.07) is 9.30. The van der Waals surface area contributed by atoms with E-state index in [2.05, 4.69) is 44.3 Å². The van der Waals surface area contributed by atoms with Gasteiger partial charge in [0, 0.05) is 29.9 Å². The van der Waals surface area contributed by atoms with Crippen molar-refractivity contribution < 1.29 is 0 Å². The van der Waals surface area contributed by atoms with Gasteiger partial charge in [-0.1, -0.05) is 24.3 Å². The van der Waals surface area contributed by atoms with Gasteiger partial charge in [-0.2, -0.15) is 5.10 Å². The Morgan fingerprint density at radius 3 is 2.32 bits per heavy atom. The summed E-state index contributed by atoms with van der Waals surface area (Å²) >= 11 is 0. The molecule has 4 nitrogen and oxygen atoms in total. The third-order valence-electron chi connectivity index (χ3n) is 5.27. The van der Waals surface area contributed by atoms with Crippen molar-refractivity contribution in [2.75, 3.05) is 31.1 Å². The van der Waals surface area contributed by atoms with Crippen LogP contribution < -0.4 is 4.90 Å². The van der Waals surface area contributed by atoms with E-state index >= 15 is 0 Å². The number of nitrogens with zero attached hydrogens (tertiary/aromatic N) is 4. The number of likely N-dealkylation sites (tertiary alicyclic amines) is 1. The van der Waals surface area contributed by atoms with Crippen molar-refractivity contribution in [1.29, 1.82) is 0 Å². The van der Waals surface area contributed by atoms with Crippen LogP contribution in [0, 0.1) is 6.92 Å². The van der Waals surface area contributed by atoms with Gasteiger partial charge in [-0.05, 0) is 45.7 Å². The molecule has 1 aromatic carbocycles. The molecule has 4 heteroatoms. The molecule has 2 aromatic rings. The van der Waals surface area contributed by atoms with Crippen LogP contribution in [0.25, 0.3) is 10.8 Å². The summed E-state index contributed by atoms with van der Waals surface area (Å²) < 4.78 is 0. The number of hydrogen-bond donors (Lipinski definition) is 0. The number of fused-ring (bicyclic) bond motifs is 1. The highest BCUT2D eigenvalue weighted by Crippen LogP contribution is 2.29. The minimum absolute atomic E-state index is 0.781. The Kier molecular flexibility index (Phi) is 3.70. The van der Waals surface area contributed by atoms with Crippen molar-refractivity contribution in [3.8, 4) is 0 Å². The first kappa shape index (κ1) is 13.9. The lowest BCUT2D eigenvalue weighted by Gasteiger charge is -2.37. The molecule has 0 unspecified atom stereocenters. The van der Waals surface area contributed by atoms with E-state index < -0.39 is 0 Å². The highest BCUT2D eigenvalue weighted by atomic mass is 15.3. The zero-order valence-electron chi connectivity index (χ0n) is 13.3. The highest BCUT2D eigenvalue weighted by Gasteiger charge is 2.27. The number of aromatic nitrogens is 2. The molecule has 2 fully saturated rings. The quantitative estimate of drug-likeness (QED) is 0.853. The van der Waals surface area contributed by atoms with Crippen LogP contribution >= 0.6 is 0 Å². The highest BCUT2D eigenvalue weighted by molar-refractivity contribution is 5.93. The first-order valence-corrected chi connectivity index (χ1v) is 8.54. The molecule has 2 aliphatic heterocycles. The monoisotopic (exact) mass is 296 g/mol. The number of anilines is 1. The number of hydrogen-bond acceptors (Lipinski definition) is 4. The number of aryl methyl sites for hydroxylation is 1. The molecule has 0 amide bonds. The first-order chi connectivity index (χ1) is 10.8. The topological polar surface area (TPSA) is 32.3 Å². The minimum Gasteiger partial charge on any atom is -0.354 e. The summed E-state index contributed by atoms with van der Waals surface area (Å²) in [7, 11) is 0. The number of piperidine rings is 1. The molecule has 22 heavy (non-hydrogen) atoms. The number of rotatable bonds is 2. The van der Waals surface area contributed by atoms with Crippen LogP contribution in [0.3, 0.4) is 0 Å². The zero-order chi connectivity index (χ0) is 14.9. The second kappa shape index (κ2) is 5.84. The summed E-state index contributed by atoms with van der Waals surface area (Å²) in [6.07, 6.45) is 5.27. The Morgan fingerprint density at radius 1 is 0.909 bits per heavy atom. The van der Waals surface area contributed by atoms with Gasteiger partial charge in [-0.25, -0.2) is 0 Å². The second-order valence-electron chi connectivity index (χ2n) is 6.62. The number of benzene rings is 1. The standard InChI is InChI=1S/C18H24N4/c1-14-16-6-2-3-7-17(16)18(20-19-14)22-12-8-15(9-13-22)21-10-4-5-11-21/h2-3,6-7,15H,4-5,8-13H2,1H3. The normalized spacial score (nSPS) is 20.9. The van der Waals surface area contributed by atoms with E-state index in [9.17, 15) is 0 Å². The van der Waals surface area contributed by atoms with E-state index in [1.54, 1.807) is 0 Å². The molecule has 0 bridgehead atoms. The molecule has 116 valence electrons. The average Bonchev–Trinajstić information content (AvgIpc) is 3.10. The smallest absolute Gasteiger partial charge is 0.159 e. The van der Waals surface area contributed by atoms with Gasteiger partial charge in [-0.3, -0.25) is 0 Å². The first-order valence-electron chi connectivity index (χ1n) is 8.54. The van der Waals surface area contributed by atoms with Crippen molar-refractivity contribution >= 4 is 16.6 Å². The Balaban J connectivity index is 1.55. The molecule has 2 aliphatic rings. The SMILES string of the molecule is Cc1nnc(N2CCC(N3CCCC3)CC2)c2ccccc12. The Labute approximate surface area is 132 Å². The van der Waals surface area contributed by atoms with Gasteiger partial charge in [0.05, 0.1) is 5.69 Å². The van der Waals surface area contributed by atoms with E-state index in [4.69, 9.17) is 0 Å². The van der Waals surface area contributed by atoms with Crippen LogP contribution in [0.2, 0.25) is 0 Å². The van der Waals surface area contributed by atoms with Gasteiger partial charge in [0.15, 0.2) is 5.82 Å². The van der Waals surface area contributed by atoms with Crippen molar-refractivity contribution in [2.24, 2.45) is 0 Å². The Morgan fingerprint density at radius 2 is 1.59 bits per heavy atom. The zero-order valence-corrected chi connectivity index (χ0v) is 13.3. The molecular formula is C18H24N4. The lowest BCUT2D eigenvalue weighted by molar-refractivity contribution is 0.207. The molecule has 0 spiro atoms. The summed E-state index contributed by atoms with van der Waals surface area (Å²) in [4.78, 5) is 5.12. The summed E-state index contributed by atoms with van der Waals surface area (Å²) in [6.45, 7) is 6.85. The lowest BCUT2D eigenvalue weighted by Crippen LogP contribution is -2.44. The maximum atomic E-state index is 4.51. The third-order valence-corrected chi connectivity index (χ3v) is 5.27. The van der Waals surface area contributed by atoms with E-state index in [-0.39, 0.29) is 0 Å². The predicted molar refractivity (Wildman–Crippen MR) is 90.3 cm³/mol. The van der Waals surface area contributed by atoms with E-state index in [1.165, 1.54) is 49.5 Å². The summed E-state index contributed by atoms with van der Waals surface area (Å²) in [5.74, 6) is 1.07. The largest absolute Gasteiger partial charge is 0.354 e. The lowest BCUT2D eigenvalue weighted by atomic mass is 10.0. The van der Waals surface area contributed by atoms with Crippen molar-refractivity contribution in [2.45, 2.75) is 38.6 Å². The van der Waals surface area contributed by atoms with Crippen LogP contribution in [0.5, 0.6) is 0 Å². The van der Waals surface area contributed by atoms with Crippen LogP contribution in [0.4, 0.5) is 5.82 Å². The van der Waals surface area contributed by atoms with E-state index in [0.717, 1.165) is 30.6 Å². The van der Waals surface area contributed by atoms with Crippen molar-refractivity contribution in [3.05, 3.63) is 30.0 Å². The second-order valence-corrected chi connectivity index (χ2v) is 6.62. The van der Waals surface area contributed by atoms with Crippen LogP contribution in [0.15, 0.2) is 24.3 Å². The van der Waals surface area contributed by atoms with Gasteiger partial charge in [0.1, 0.15) is 0 Å². The molecule has 4 rings (SSSR count). The fourth-order valence-electron chi connectivity index (χ4n) is 4.01.